The lowest BCUT2D eigenvalue weighted by molar-refractivity contribution is 0.224. The van der Waals surface area contributed by atoms with Crippen molar-refractivity contribution in [3.05, 3.63) is 63.3 Å². The van der Waals surface area contributed by atoms with Gasteiger partial charge in [0.2, 0.25) is 0 Å². The highest BCUT2D eigenvalue weighted by molar-refractivity contribution is 5.91. The van der Waals surface area contributed by atoms with Gasteiger partial charge in [0, 0.05) is 17.7 Å². The minimum atomic E-state index is -0.884. The summed E-state index contributed by atoms with van der Waals surface area (Å²) in [4.78, 5) is 13.4. The normalized spacial score (nSPS) is 15.3. The maximum absolute atomic E-state index is 13.4. The Hall–Kier alpha value is -2.59. The van der Waals surface area contributed by atoms with Crippen molar-refractivity contribution in [2.45, 2.75) is 40.3 Å². The SMILES string of the molecule is CCn1c2c(c(=O)c3c(C)c(OCC(C)C)ccc31)C(O)c1ccccc1-2. The molecule has 0 radical (unpaired) electrons. The van der Waals surface area contributed by atoms with Gasteiger partial charge in [0.05, 0.1) is 28.8 Å². The van der Waals surface area contributed by atoms with Crippen molar-refractivity contribution in [3.63, 3.8) is 0 Å². The molecule has 4 rings (SSSR count). The van der Waals surface area contributed by atoms with E-state index in [1.807, 2.05) is 43.3 Å². The Kier molecular flexibility index (Phi) is 4.31. The fourth-order valence-electron chi connectivity index (χ4n) is 4.09. The predicted octanol–water partition coefficient (Wildman–Crippen LogP) is 4.43. The molecule has 1 heterocycles. The van der Waals surface area contributed by atoms with E-state index in [-0.39, 0.29) is 5.43 Å². The highest BCUT2D eigenvalue weighted by Gasteiger charge is 2.33. The fourth-order valence-corrected chi connectivity index (χ4v) is 4.09. The van der Waals surface area contributed by atoms with E-state index < -0.39 is 6.10 Å². The number of hydrogen-bond donors (Lipinski definition) is 1. The number of aryl methyl sites for hydroxylation is 2. The Morgan fingerprint density at radius 1 is 1.19 bits per heavy atom. The monoisotopic (exact) mass is 363 g/mol. The number of aliphatic hydroxyl groups excluding tert-OH is 1. The molecule has 1 N–H and O–H groups in total. The first-order chi connectivity index (χ1) is 13.0. The highest BCUT2D eigenvalue weighted by atomic mass is 16.5. The summed E-state index contributed by atoms with van der Waals surface area (Å²) < 4.78 is 8.07. The molecule has 0 amide bonds. The second kappa shape index (κ2) is 6.54. The van der Waals surface area contributed by atoms with E-state index in [1.165, 1.54) is 0 Å². The molecule has 27 heavy (non-hydrogen) atoms. The van der Waals surface area contributed by atoms with Crippen LogP contribution in [0.4, 0.5) is 0 Å². The van der Waals surface area contributed by atoms with Crippen LogP contribution in [0.3, 0.4) is 0 Å². The summed E-state index contributed by atoms with van der Waals surface area (Å²) in [5, 5.41) is 11.5. The average molecular weight is 363 g/mol. The first-order valence-corrected chi connectivity index (χ1v) is 9.55. The maximum Gasteiger partial charge on any atom is 0.196 e. The number of nitrogens with zero attached hydrogens (tertiary/aromatic N) is 1. The summed E-state index contributed by atoms with van der Waals surface area (Å²) in [5.74, 6) is 1.14. The van der Waals surface area contributed by atoms with Gasteiger partial charge in [-0.2, -0.15) is 0 Å². The molecule has 1 atom stereocenters. The smallest absolute Gasteiger partial charge is 0.196 e. The summed E-state index contributed by atoms with van der Waals surface area (Å²) in [6.45, 7) is 9.51. The van der Waals surface area contributed by atoms with E-state index in [0.29, 0.717) is 30.0 Å². The van der Waals surface area contributed by atoms with Gasteiger partial charge in [0.25, 0.3) is 0 Å². The van der Waals surface area contributed by atoms with Crippen molar-refractivity contribution in [1.29, 1.82) is 0 Å². The Labute approximate surface area is 159 Å². The quantitative estimate of drug-likeness (QED) is 0.746. The maximum atomic E-state index is 13.4. The van der Waals surface area contributed by atoms with Crippen LogP contribution >= 0.6 is 0 Å². The van der Waals surface area contributed by atoms with E-state index in [0.717, 1.165) is 33.7 Å². The zero-order valence-electron chi connectivity index (χ0n) is 16.2. The van der Waals surface area contributed by atoms with Crippen LogP contribution in [0.15, 0.2) is 41.2 Å². The van der Waals surface area contributed by atoms with Gasteiger partial charge in [-0.1, -0.05) is 38.1 Å². The second-order valence-corrected chi connectivity index (χ2v) is 7.61. The number of aromatic nitrogens is 1. The lowest BCUT2D eigenvalue weighted by atomic mass is 10.0. The van der Waals surface area contributed by atoms with Crippen LogP contribution in [0, 0.1) is 12.8 Å². The molecule has 1 unspecified atom stereocenters. The Balaban J connectivity index is 2.04. The van der Waals surface area contributed by atoms with Crippen molar-refractivity contribution < 1.29 is 9.84 Å². The number of benzene rings is 2. The lowest BCUT2D eigenvalue weighted by Crippen LogP contribution is -2.19. The standard InChI is InChI=1S/C23H25NO3/c1-5-24-17-10-11-18(27-12-13(2)3)14(4)19(17)23(26)20-21(24)15-8-6-7-9-16(15)22(20)25/h6-11,13,22,25H,5,12H2,1-4H3. The molecule has 0 saturated carbocycles. The molecular weight excluding hydrogens is 338 g/mol. The van der Waals surface area contributed by atoms with Crippen LogP contribution in [0.5, 0.6) is 5.75 Å². The van der Waals surface area contributed by atoms with E-state index in [1.54, 1.807) is 0 Å². The van der Waals surface area contributed by atoms with Crippen molar-refractivity contribution >= 4 is 10.9 Å². The molecule has 4 heteroatoms. The van der Waals surface area contributed by atoms with E-state index in [2.05, 4.69) is 25.3 Å². The molecule has 1 aliphatic carbocycles. The molecule has 140 valence electrons. The summed E-state index contributed by atoms with van der Waals surface area (Å²) in [6.07, 6.45) is -0.884. The molecule has 0 spiro atoms. The average Bonchev–Trinajstić information content (AvgIpc) is 2.95. The van der Waals surface area contributed by atoms with Crippen LogP contribution < -0.4 is 10.2 Å². The Morgan fingerprint density at radius 2 is 1.93 bits per heavy atom. The van der Waals surface area contributed by atoms with Crippen molar-refractivity contribution in [1.82, 2.24) is 4.57 Å². The highest BCUT2D eigenvalue weighted by Crippen LogP contribution is 2.43. The van der Waals surface area contributed by atoms with Gasteiger partial charge in [0.15, 0.2) is 5.43 Å². The molecule has 2 aromatic carbocycles. The molecule has 1 aromatic heterocycles. The summed E-state index contributed by atoms with van der Waals surface area (Å²) in [6, 6.07) is 11.6. The Bertz CT molecular complexity index is 1090. The lowest BCUT2D eigenvalue weighted by Gasteiger charge is -2.19. The minimum Gasteiger partial charge on any atom is -0.493 e. The Morgan fingerprint density at radius 3 is 2.63 bits per heavy atom. The topological polar surface area (TPSA) is 51.5 Å². The zero-order chi connectivity index (χ0) is 19.3. The van der Waals surface area contributed by atoms with Crippen LogP contribution in [0.25, 0.3) is 22.2 Å². The molecule has 1 aliphatic rings. The zero-order valence-corrected chi connectivity index (χ0v) is 16.2. The molecule has 0 aliphatic heterocycles. The van der Waals surface area contributed by atoms with Gasteiger partial charge in [-0.25, -0.2) is 0 Å². The summed E-state index contributed by atoms with van der Waals surface area (Å²) in [5.41, 5.74) is 4.70. The van der Waals surface area contributed by atoms with E-state index in [9.17, 15) is 9.90 Å². The number of ether oxygens (including phenoxy) is 1. The number of rotatable bonds is 4. The minimum absolute atomic E-state index is 0.0964. The van der Waals surface area contributed by atoms with Crippen LogP contribution in [0.2, 0.25) is 0 Å². The number of aliphatic hydroxyl groups is 1. The third kappa shape index (κ3) is 2.59. The number of fused-ring (bicyclic) bond motifs is 4. The molecule has 0 fully saturated rings. The van der Waals surface area contributed by atoms with Crippen LogP contribution in [-0.4, -0.2) is 16.3 Å². The number of hydrogen-bond acceptors (Lipinski definition) is 3. The second-order valence-electron chi connectivity index (χ2n) is 7.61. The van der Waals surface area contributed by atoms with Crippen LogP contribution in [-0.2, 0) is 6.54 Å². The number of pyridine rings is 1. The van der Waals surface area contributed by atoms with Gasteiger partial charge >= 0.3 is 0 Å². The van der Waals surface area contributed by atoms with Gasteiger partial charge in [-0.05, 0) is 37.5 Å². The summed E-state index contributed by atoms with van der Waals surface area (Å²) in [7, 11) is 0. The van der Waals surface area contributed by atoms with Crippen LogP contribution in [0.1, 0.15) is 43.6 Å². The van der Waals surface area contributed by atoms with Crippen molar-refractivity contribution in [3.8, 4) is 17.0 Å². The van der Waals surface area contributed by atoms with E-state index in [4.69, 9.17) is 4.74 Å². The molecule has 0 bridgehead atoms. The first kappa shape index (κ1) is 17.8. The predicted molar refractivity (Wildman–Crippen MR) is 108 cm³/mol. The van der Waals surface area contributed by atoms with E-state index >= 15 is 0 Å². The van der Waals surface area contributed by atoms with Crippen molar-refractivity contribution in [2.24, 2.45) is 5.92 Å². The fraction of sp³-hybridized carbons (Fsp3) is 0.348. The molecule has 0 saturated heterocycles. The largest absolute Gasteiger partial charge is 0.493 e. The van der Waals surface area contributed by atoms with Gasteiger partial charge in [-0.15, -0.1) is 0 Å². The van der Waals surface area contributed by atoms with Gasteiger partial charge in [-0.3, -0.25) is 4.79 Å². The van der Waals surface area contributed by atoms with Gasteiger partial charge < -0.3 is 14.4 Å². The third-order valence-corrected chi connectivity index (χ3v) is 5.35. The van der Waals surface area contributed by atoms with Crippen molar-refractivity contribution in [2.75, 3.05) is 6.61 Å². The third-order valence-electron chi connectivity index (χ3n) is 5.35. The first-order valence-electron chi connectivity index (χ1n) is 9.55. The molecule has 3 aromatic rings. The van der Waals surface area contributed by atoms with Gasteiger partial charge in [0.1, 0.15) is 11.9 Å². The summed E-state index contributed by atoms with van der Waals surface area (Å²) >= 11 is 0. The molecule has 4 nitrogen and oxygen atoms in total. The molecular formula is C23H25NO3.